The molecule has 74 valence electrons. The van der Waals surface area contributed by atoms with Crippen LogP contribution < -0.4 is 5.32 Å². The fourth-order valence-corrected chi connectivity index (χ4v) is 1.53. The molecule has 1 heterocycles. The summed E-state index contributed by atoms with van der Waals surface area (Å²) in [5.74, 6) is 0.294. The van der Waals surface area contributed by atoms with Crippen LogP contribution >= 0.6 is 0 Å². The first-order valence-electron chi connectivity index (χ1n) is 4.69. The molecule has 14 heavy (non-hydrogen) atoms. The lowest BCUT2D eigenvalue weighted by Crippen LogP contribution is -2.12. The van der Waals surface area contributed by atoms with Gasteiger partial charge in [0, 0.05) is 23.3 Å². The number of fused-ring (bicyclic) bond motifs is 1. The molecular formula is C11H14N2O. The van der Waals surface area contributed by atoms with Crippen LogP contribution in [0.4, 0.5) is 0 Å². The van der Waals surface area contributed by atoms with Crippen molar-refractivity contribution in [3.8, 4) is 5.75 Å². The third kappa shape index (κ3) is 1.46. The quantitative estimate of drug-likeness (QED) is 0.679. The van der Waals surface area contributed by atoms with Gasteiger partial charge < -0.3 is 15.4 Å². The zero-order chi connectivity index (χ0) is 10.1. The van der Waals surface area contributed by atoms with Gasteiger partial charge >= 0.3 is 0 Å². The lowest BCUT2D eigenvalue weighted by atomic mass is 10.2. The van der Waals surface area contributed by atoms with Gasteiger partial charge in [-0.1, -0.05) is 0 Å². The van der Waals surface area contributed by atoms with Gasteiger partial charge in [0.1, 0.15) is 5.75 Å². The van der Waals surface area contributed by atoms with E-state index in [-0.39, 0.29) is 0 Å². The van der Waals surface area contributed by atoms with Crippen LogP contribution in [0.5, 0.6) is 5.75 Å². The molecule has 0 saturated carbocycles. The van der Waals surface area contributed by atoms with Gasteiger partial charge in [-0.25, -0.2) is 0 Å². The smallest absolute Gasteiger partial charge is 0.117 e. The van der Waals surface area contributed by atoms with Gasteiger partial charge in [-0.05, 0) is 37.6 Å². The molecule has 0 bridgehead atoms. The molecule has 1 aromatic carbocycles. The molecule has 2 rings (SSSR count). The second kappa shape index (κ2) is 3.35. The summed E-state index contributed by atoms with van der Waals surface area (Å²) in [4.78, 5) is 3.26. The number of phenolic OH excluding ortho intramolecular Hbond substituents is 1. The number of phenols is 1. The minimum atomic E-state index is 0.294. The van der Waals surface area contributed by atoms with E-state index >= 15 is 0 Å². The van der Waals surface area contributed by atoms with Crippen molar-refractivity contribution in [3.05, 3.63) is 30.0 Å². The Kier molecular flexibility index (Phi) is 2.17. The van der Waals surface area contributed by atoms with E-state index in [2.05, 4.69) is 23.3 Å². The average molecular weight is 190 g/mol. The maximum Gasteiger partial charge on any atom is 0.117 e. The number of H-pyrrole nitrogens is 1. The van der Waals surface area contributed by atoms with E-state index in [4.69, 9.17) is 0 Å². The fraction of sp³-hybridized carbons (Fsp3) is 0.273. The second-order valence-corrected chi connectivity index (χ2v) is 3.51. The van der Waals surface area contributed by atoms with Crippen molar-refractivity contribution in [2.45, 2.75) is 13.0 Å². The Labute approximate surface area is 82.8 Å². The van der Waals surface area contributed by atoms with E-state index in [9.17, 15) is 5.11 Å². The molecule has 0 saturated heterocycles. The number of benzene rings is 1. The normalized spacial score (nSPS) is 13.3. The number of rotatable bonds is 2. The molecule has 3 heteroatoms. The number of nitrogens with one attached hydrogen (secondary N) is 2. The van der Waals surface area contributed by atoms with Gasteiger partial charge in [-0.15, -0.1) is 0 Å². The van der Waals surface area contributed by atoms with Crippen molar-refractivity contribution in [3.63, 3.8) is 0 Å². The summed E-state index contributed by atoms with van der Waals surface area (Å²) >= 11 is 0. The molecule has 2 aromatic rings. The summed E-state index contributed by atoms with van der Waals surface area (Å²) in [6, 6.07) is 7.73. The zero-order valence-electron chi connectivity index (χ0n) is 8.33. The Morgan fingerprint density at radius 3 is 2.86 bits per heavy atom. The molecule has 0 aliphatic carbocycles. The number of aromatic hydroxyl groups is 1. The van der Waals surface area contributed by atoms with Crippen molar-refractivity contribution >= 4 is 10.9 Å². The molecule has 0 aliphatic heterocycles. The van der Waals surface area contributed by atoms with E-state index in [1.165, 1.54) is 0 Å². The molecular weight excluding hydrogens is 176 g/mol. The average Bonchev–Trinajstić information content (AvgIpc) is 2.59. The highest BCUT2D eigenvalue weighted by Gasteiger charge is 2.06. The Balaban J connectivity index is 2.51. The summed E-state index contributed by atoms with van der Waals surface area (Å²) in [6.07, 6.45) is 0. The Morgan fingerprint density at radius 2 is 2.14 bits per heavy atom. The number of aromatic nitrogens is 1. The monoisotopic (exact) mass is 190 g/mol. The fourth-order valence-electron chi connectivity index (χ4n) is 1.53. The minimum absolute atomic E-state index is 0.294. The molecule has 0 fully saturated rings. The van der Waals surface area contributed by atoms with Gasteiger partial charge in [-0.3, -0.25) is 0 Å². The summed E-state index contributed by atoms with van der Waals surface area (Å²) in [5.41, 5.74) is 2.11. The lowest BCUT2D eigenvalue weighted by molar-refractivity contribution is 0.476. The third-order valence-corrected chi connectivity index (χ3v) is 2.53. The highest BCUT2D eigenvalue weighted by molar-refractivity contribution is 5.81. The number of aromatic amines is 1. The minimum Gasteiger partial charge on any atom is -0.508 e. The first-order valence-corrected chi connectivity index (χ1v) is 4.69. The van der Waals surface area contributed by atoms with E-state index in [1.54, 1.807) is 12.1 Å². The predicted molar refractivity (Wildman–Crippen MR) is 57.4 cm³/mol. The van der Waals surface area contributed by atoms with Crippen molar-refractivity contribution in [1.82, 2.24) is 10.3 Å². The first-order chi connectivity index (χ1) is 6.70. The maximum absolute atomic E-state index is 9.30. The Bertz CT molecular complexity index is 447. The molecule has 0 amide bonds. The highest BCUT2D eigenvalue weighted by Crippen LogP contribution is 2.22. The van der Waals surface area contributed by atoms with Crippen LogP contribution in [0.3, 0.4) is 0 Å². The molecule has 3 nitrogen and oxygen atoms in total. The molecule has 0 spiro atoms. The van der Waals surface area contributed by atoms with Crippen molar-refractivity contribution < 1.29 is 5.11 Å². The molecule has 1 atom stereocenters. The van der Waals surface area contributed by atoms with Gasteiger partial charge in [0.05, 0.1) is 0 Å². The topological polar surface area (TPSA) is 48.0 Å². The van der Waals surface area contributed by atoms with Gasteiger partial charge in [0.2, 0.25) is 0 Å². The Morgan fingerprint density at radius 1 is 1.36 bits per heavy atom. The van der Waals surface area contributed by atoms with Crippen LogP contribution in [-0.4, -0.2) is 17.1 Å². The zero-order valence-corrected chi connectivity index (χ0v) is 8.33. The lowest BCUT2D eigenvalue weighted by Gasteiger charge is -2.06. The van der Waals surface area contributed by atoms with Crippen molar-refractivity contribution in [2.75, 3.05) is 7.05 Å². The standard InChI is InChI=1S/C11H14N2O/c1-7(12-2)10-5-8-3-4-9(14)6-11(8)13-10/h3-7,12-14H,1-2H3. The van der Waals surface area contributed by atoms with Crippen molar-refractivity contribution in [2.24, 2.45) is 0 Å². The van der Waals surface area contributed by atoms with Crippen LogP contribution in [0.15, 0.2) is 24.3 Å². The maximum atomic E-state index is 9.30. The number of hydrogen-bond donors (Lipinski definition) is 3. The summed E-state index contributed by atoms with van der Waals surface area (Å²) in [5, 5.41) is 13.6. The summed E-state index contributed by atoms with van der Waals surface area (Å²) in [6.45, 7) is 2.09. The van der Waals surface area contributed by atoms with Crippen LogP contribution in [0.1, 0.15) is 18.7 Å². The van der Waals surface area contributed by atoms with E-state index in [1.807, 2.05) is 13.1 Å². The molecule has 0 radical (unpaired) electrons. The number of hydrogen-bond acceptors (Lipinski definition) is 2. The molecule has 0 aliphatic rings. The summed E-state index contributed by atoms with van der Waals surface area (Å²) in [7, 11) is 1.92. The molecule has 3 N–H and O–H groups in total. The predicted octanol–water partition coefficient (Wildman–Crippen LogP) is 2.15. The van der Waals surface area contributed by atoms with E-state index in [0.29, 0.717) is 11.8 Å². The summed E-state index contributed by atoms with van der Waals surface area (Å²) < 4.78 is 0. The van der Waals surface area contributed by atoms with Crippen LogP contribution in [0.2, 0.25) is 0 Å². The van der Waals surface area contributed by atoms with Crippen molar-refractivity contribution in [1.29, 1.82) is 0 Å². The largest absolute Gasteiger partial charge is 0.508 e. The van der Waals surface area contributed by atoms with E-state index in [0.717, 1.165) is 16.6 Å². The first kappa shape index (κ1) is 9.09. The van der Waals surface area contributed by atoms with Gasteiger partial charge in [0.25, 0.3) is 0 Å². The van der Waals surface area contributed by atoms with Crippen LogP contribution in [0, 0.1) is 0 Å². The van der Waals surface area contributed by atoms with Crippen LogP contribution in [0.25, 0.3) is 10.9 Å². The van der Waals surface area contributed by atoms with Gasteiger partial charge in [0.15, 0.2) is 0 Å². The molecule has 1 unspecified atom stereocenters. The van der Waals surface area contributed by atoms with Crippen LogP contribution in [-0.2, 0) is 0 Å². The highest BCUT2D eigenvalue weighted by atomic mass is 16.3. The SMILES string of the molecule is CNC(C)c1cc2ccc(O)cc2[nH]1. The Hall–Kier alpha value is -1.48. The molecule has 1 aromatic heterocycles. The van der Waals surface area contributed by atoms with Gasteiger partial charge in [-0.2, -0.15) is 0 Å². The third-order valence-electron chi connectivity index (χ3n) is 2.53. The van der Waals surface area contributed by atoms with E-state index < -0.39 is 0 Å². The second-order valence-electron chi connectivity index (χ2n) is 3.51.